The van der Waals surface area contributed by atoms with Crippen molar-refractivity contribution in [3.63, 3.8) is 0 Å². The normalized spacial score (nSPS) is 14.6. The first-order valence-corrected chi connectivity index (χ1v) is 17.5. The minimum absolute atomic E-state index is 0.0348. The quantitative estimate of drug-likeness (QED) is 0.0579. The van der Waals surface area contributed by atoms with E-state index < -0.39 is 31.0 Å². The summed E-state index contributed by atoms with van der Waals surface area (Å²) in [5.74, 6) is -0.0348. The van der Waals surface area contributed by atoms with Crippen LogP contribution in [0.1, 0.15) is 168 Å². The zero-order valence-electron chi connectivity index (χ0n) is 27.0. The van der Waals surface area contributed by atoms with Crippen molar-refractivity contribution in [3.05, 3.63) is 0 Å². The van der Waals surface area contributed by atoms with Crippen LogP contribution in [-0.4, -0.2) is 80.5 Å². The molecular formula is C34H69NO6. The van der Waals surface area contributed by atoms with Gasteiger partial charge in [-0.1, -0.05) is 149 Å². The van der Waals surface area contributed by atoms with Crippen molar-refractivity contribution in [2.45, 2.75) is 192 Å². The number of unbranched alkanes of at least 4 members (excludes halogenated alkanes) is 21. The number of amides is 1. The van der Waals surface area contributed by atoms with Gasteiger partial charge in [0.15, 0.2) is 0 Å². The van der Waals surface area contributed by atoms with Crippen molar-refractivity contribution in [2.75, 3.05) is 19.7 Å². The van der Waals surface area contributed by atoms with E-state index in [4.69, 9.17) is 5.11 Å². The lowest BCUT2D eigenvalue weighted by Crippen LogP contribution is -2.50. The molecule has 0 rings (SSSR count). The number of aliphatic hydroxyl groups excluding tert-OH is 5. The van der Waals surface area contributed by atoms with Crippen molar-refractivity contribution in [1.29, 1.82) is 0 Å². The van der Waals surface area contributed by atoms with Crippen molar-refractivity contribution < 1.29 is 30.3 Å². The number of nitrogens with zero attached hydrogens (tertiary/aromatic N) is 1. The Labute approximate surface area is 253 Å². The summed E-state index contributed by atoms with van der Waals surface area (Å²) in [6.07, 6.45) is 22.3. The number of aliphatic hydroxyl groups is 5. The maximum atomic E-state index is 13.0. The van der Waals surface area contributed by atoms with Crippen LogP contribution >= 0.6 is 0 Å². The van der Waals surface area contributed by atoms with E-state index in [2.05, 4.69) is 13.8 Å². The third kappa shape index (κ3) is 23.4. The maximum absolute atomic E-state index is 13.0. The zero-order valence-corrected chi connectivity index (χ0v) is 27.0. The molecule has 0 bridgehead atoms. The monoisotopic (exact) mass is 588 g/mol. The molecule has 0 aromatic carbocycles. The Balaban J connectivity index is 4.35. The van der Waals surface area contributed by atoms with Crippen LogP contribution in [0.5, 0.6) is 0 Å². The molecule has 0 fully saturated rings. The summed E-state index contributed by atoms with van der Waals surface area (Å²) in [7, 11) is 0. The van der Waals surface area contributed by atoms with E-state index >= 15 is 0 Å². The van der Waals surface area contributed by atoms with Gasteiger partial charge in [-0.25, -0.2) is 0 Å². The Morgan fingerprint density at radius 2 is 0.854 bits per heavy atom. The van der Waals surface area contributed by atoms with Crippen LogP contribution < -0.4 is 0 Å². The highest BCUT2D eigenvalue weighted by Crippen LogP contribution is 2.16. The first-order valence-electron chi connectivity index (χ1n) is 17.5. The summed E-state index contributed by atoms with van der Waals surface area (Å²) < 4.78 is 0. The van der Waals surface area contributed by atoms with E-state index in [1.165, 1.54) is 109 Å². The second-order valence-corrected chi connectivity index (χ2v) is 12.3. The lowest BCUT2D eigenvalue weighted by Gasteiger charge is -2.30. The fourth-order valence-electron chi connectivity index (χ4n) is 5.46. The largest absolute Gasteiger partial charge is 0.394 e. The number of carbonyl (C=O) groups excluding carboxylic acids is 1. The number of hydrogen-bond acceptors (Lipinski definition) is 6. The lowest BCUT2D eigenvalue weighted by molar-refractivity contribution is -0.140. The Morgan fingerprint density at radius 3 is 1.24 bits per heavy atom. The first-order chi connectivity index (χ1) is 19.9. The van der Waals surface area contributed by atoms with Gasteiger partial charge in [-0.05, 0) is 12.8 Å². The summed E-state index contributed by atoms with van der Waals surface area (Å²) in [6.45, 7) is 4.18. The molecule has 0 heterocycles. The molecule has 4 atom stereocenters. The molecule has 0 radical (unpaired) electrons. The zero-order chi connectivity index (χ0) is 30.6. The summed E-state index contributed by atoms with van der Waals surface area (Å²) in [5, 5.41) is 49.4. The summed E-state index contributed by atoms with van der Waals surface area (Å²) >= 11 is 0. The molecule has 7 nitrogen and oxygen atoms in total. The number of hydrogen-bond donors (Lipinski definition) is 5. The predicted octanol–water partition coefficient (Wildman–Crippen LogP) is 6.65. The summed E-state index contributed by atoms with van der Waals surface area (Å²) in [4.78, 5) is 14.6. The van der Waals surface area contributed by atoms with E-state index in [0.29, 0.717) is 13.0 Å². The highest BCUT2D eigenvalue weighted by atomic mass is 16.4. The van der Waals surface area contributed by atoms with Gasteiger partial charge in [-0.15, -0.1) is 0 Å². The molecule has 0 saturated carbocycles. The number of carbonyl (C=O) groups is 1. The molecule has 41 heavy (non-hydrogen) atoms. The molecule has 0 aliphatic rings. The molecule has 0 aliphatic heterocycles. The van der Waals surface area contributed by atoms with E-state index in [9.17, 15) is 25.2 Å². The molecule has 1 amide bonds. The molecule has 0 saturated heterocycles. The molecule has 7 heteroatoms. The Bertz CT molecular complexity index is 563. The van der Waals surface area contributed by atoms with Gasteiger partial charge in [0.25, 0.3) is 0 Å². The van der Waals surface area contributed by atoms with E-state index in [1.807, 2.05) is 0 Å². The standard InChI is InChI=1S/C34H69NO6/c1-3-5-7-9-11-13-15-16-17-18-20-22-24-26-32(39)35(28-30(37)33(40)34(41)31(38)29-36)27-25-23-21-19-14-12-10-8-6-4-2/h30-31,33-34,36-38,40-41H,3-29H2,1-2H3/t30-,31+,33+,34+/m0/s1. The second kappa shape index (κ2) is 29.3. The van der Waals surface area contributed by atoms with Crippen molar-refractivity contribution >= 4 is 5.91 Å². The molecule has 5 N–H and O–H groups in total. The van der Waals surface area contributed by atoms with Crippen molar-refractivity contribution in [1.82, 2.24) is 4.90 Å². The van der Waals surface area contributed by atoms with Crippen LogP contribution in [0.25, 0.3) is 0 Å². The minimum atomic E-state index is -1.68. The third-order valence-corrected chi connectivity index (χ3v) is 8.36. The van der Waals surface area contributed by atoms with Crippen LogP contribution in [0.3, 0.4) is 0 Å². The Hall–Kier alpha value is -0.730. The Morgan fingerprint density at radius 1 is 0.512 bits per heavy atom. The van der Waals surface area contributed by atoms with Gasteiger partial charge in [-0.2, -0.15) is 0 Å². The average molecular weight is 588 g/mol. The van der Waals surface area contributed by atoms with Gasteiger partial charge in [0.2, 0.25) is 5.91 Å². The van der Waals surface area contributed by atoms with Crippen LogP contribution in [0.4, 0.5) is 0 Å². The molecule has 246 valence electrons. The lowest BCUT2D eigenvalue weighted by atomic mass is 10.0. The SMILES string of the molecule is CCCCCCCCCCCCCCCC(=O)N(CCCCCCCCCCCC)C[C@H](O)[C@@H](O)[C@H](O)[C@H](O)CO. The summed E-state index contributed by atoms with van der Waals surface area (Å²) in [6, 6.07) is 0. The van der Waals surface area contributed by atoms with Gasteiger partial charge in [0.1, 0.15) is 24.4 Å². The molecule has 0 aromatic rings. The van der Waals surface area contributed by atoms with Crippen molar-refractivity contribution in [2.24, 2.45) is 0 Å². The molecular weight excluding hydrogens is 518 g/mol. The average Bonchev–Trinajstić information content (AvgIpc) is 2.98. The smallest absolute Gasteiger partial charge is 0.222 e. The molecule has 0 unspecified atom stereocenters. The number of rotatable bonds is 31. The molecule has 0 aromatic heterocycles. The second-order valence-electron chi connectivity index (χ2n) is 12.3. The van der Waals surface area contributed by atoms with Crippen LogP contribution in [0.2, 0.25) is 0 Å². The summed E-state index contributed by atoms with van der Waals surface area (Å²) in [5.41, 5.74) is 0. The van der Waals surface area contributed by atoms with E-state index in [-0.39, 0.29) is 12.5 Å². The predicted molar refractivity (Wildman–Crippen MR) is 170 cm³/mol. The Kier molecular flexibility index (Phi) is 28.8. The fraction of sp³-hybridized carbons (Fsp3) is 0.971. The van der Waals surface area contributed by atoms with Gasteiger partial charge >= 0.3 is 0 Å². The maximum Gasteiger partial charge on any atom is 0.222 e. The van der Waals surface area contributed by atoms with E-state index in [0.717, 1.165) is 38.5 Å². The molecule has 0 spiro atoms. The van der Waals surface area contributed by atoms with Gasteiger partial charge in [-0.3, -0.25) is 4.79 Å². The topological polar surface area (TPSA) is 121 Å². The minimum Gasteiger partial charge on any atom is -0.394 e. The van der Waals surface area contributed by atoms with Crippen LogP contribution in [0, 0.1) is 0 Å². The van der Waals surface area contributed by atoms with Gasteiger partial charge in [0.05, 0.1) is 6.61 Å². The first kappa shape index (κ1) is 40.3. The van der Waals surface area contributed by atoms with Gasteiger partial charge in [0, 0.05) is 19.5 Å². The van der Waals surface area contributed by atoms with Gasteiger partial charge < -0.3 is 30.4 Å². The fourth-order valence-corrected chi connectivity index (χ4v) is 5.46. The van der Waals surface area contributed by atoms with Crippen LogP contribution in [-0.2, 0) is 4.79 Å². The molecule has 0 aliphatic carbocycles. The van der Waals surface area contributed by atoms with E-state index in [1.54, 1.807) is 4.90 Å². The van der Waals surface area contributed by atoms with Crippen molar-refractivity contribution in [3.8, 4) is 0 Å². The third-order valence-electron chi connectivity index (χ3n) is 8.36. The van der Waals surface area contributed by atoms with Crippen LogP contribution in [0.15, 0.2) is 0 Å². The highest BCUT2D eigenvalue weighted by molar-refractivity contribution is 5.76. The highest BCUT2D eigenvalue weighted by Gasteiger charge is 2.31.